The van der Waals surface area contributed by atoms with Crippen LogP contribution in [0.5, 0.6) is 0 Å². The fourth-order valence-corrected chi connectivity index (χ4v) is 4.87. The van der Waals surface area contributed by atoms with Gasteiger partial charge in [-0.2, -0.15) is 0 Å². The van der Waals surface area contributed by atoms with E-state index in [4.69, 9.17) is 27.9 Å². The van der Waals surface area contributed by atoms with E-state index in [1.807, 2.05) is 24.4 Å². The van der Waals surface area contributed by atoms with Crippen LogP contribution in [0, 0.1) is 11.8 Å². The van der Waals surface area contributed by atoms with Crippen molar-refractivity contribution in [1.82, 2.24) is 9.80 Å². The predicted octanol–water partition coefficient (Wildman–Crippen LogP) is 4.05. The van der Waals surface area contributed by atoms with Gasteiger partial charge in [0.1, 0.15) is 0 Å². The van der Waals surface area contributed by atoms with E-state index in [9.17, 15) is 4.79 Å². The van der Waals surface area contributed by atoms with Gasteiger partial charge in [0.15, 0.2) is 0 Å². The Morgan fingerprint density at radius 2 is 1.93 bits per heavy atom. The molecule has 3 aliphatic rings. The minimum absolute atomic E-state index is 0.121. The average molecular weight is 453 g/mol. The molecular formula is C22H30Cl2N4O2. The Balaban J connectivity index is 1.11. The van der Waals surface area contributed by atoms with Gasteiger partial charge in [0, 0.05) is 39.5 Å². The van der Waals surface area contributed by atoms with Crippen LogP contribution in [0.1, 0.15) is 19.3 Å². The van der Waals surface area contributed by atoms with Crippen LogP contribution in [-0.2, 0) is 4.74 Å². The van der Waals surface area contributed by atoms with Crippen LogP contribution >= 0.6 is 23.2 Å². The van der Waals surface area contributed by atoms with E-state index in [2.05, 4.69) is 14.8 Å². The number of methoxy groups -OCH3 is 1. The molecule has 0 radical (unpaired) electrons. The number of rotatable bonds is 6. The standard InChI is InChI=1S/C22H30Cl2N4O2/c1-30-18-14-28(15-18)22(29)25-13-17-11-16(12-17)5-6-26-7-9-27(10-8-26)20-4-2-3-19(23)21(20)24/h2-4,13,16-18H,5-12,14-15H2,1H3/b25-13+. The molecule has 0 N–H and O–H groups in total. The van der Waals surface area contributed by atoms with Crippen molar-refractivity contribution in [3.63, 3.8) is 0 Å². The van der Waals surface area contributed by atoms with Crippen molar-refractivity contribution in [3.05, 3.63) is 28.2 Å². The van der Waals surface area contributed by atoms with Crippen LogP contribution in [0.25, 0.3) is 0 Å². The molecule has 0 spiro atoms. The van der Waals surface area contributed by atoms with Gasteiger partial charge in [-0.25, -0.2) is 9.79 Å². The Morgan fingerprint density at radius 1 is 1.20 bits per heavy atom. The average Bonchev–Trinajstić information content (AvgIpc) is 2.68. The molecule has 3 fully saturated rings. The number of likely N-dealkylation sites (tertiary alicyclic amines) is 1. The number of carbonyl (C=O) groups excluding carboxylic acids is 1. The number of piperazine rings is 1. The molecule has 2 heterocycles. The monoisotopic (exact) mass is 452 g/mol. The fraction of sp³-hybridized carbons (Fsp3) is 0.636. The minimum atomic E-state index is -0.121. The second-order valence-electron chi connectivity index (χ2n) is 8.61. The van der Waals surface area contributed by atoms with Gasteiger partial charge in [0.25, 0.3) is 0 Å². The summed E-state index contributed by atoms with van der Waals surface area (Å²) in [5, 5.41) is 1.27. The van der Waals surface area contributed by atoms with Crippen molar-refractivity contribution < 1.29 is 9.53 Å². The van der Waals surface area contributed by atoms with Crippen LogP contribution in [0.2, 0.25) is 10.0 Å². The van der Waals surface area contributed by atoms with Crippen molar-refractivity contribution >= 4 is 41.1 Å². The number of halogens is 2. The van der Waals surface area contributed by atoms with E-state index in [1.54, 1.807) is 12.0 Å². The lowest BCUT2D eigenvalue weighted by Gasteiger charge is -2.39. The number of ether oxygens (including phenoxy) is 1. The smallest absolute Gasteiger partial charge is 0.343 e. The molecule has 1 aromatic carbocycles. The van der Waals surface area contributed by atoms with E-state index < -0.39 is 0 Å². The molecule has 30 heavy (non-hydrogen) atoms. The fourth-order valence-electron chi connectivity index (χ4n) is 4.45. The molecular weight excluding hydrogens is 423 g/mol. The highest BCUT2D eigenvalue weighted by atomic mass is 35.5. The molecule has 0 bridgehead atoms. The maximum Gasteiger partial charge on any atom is 0.343 e. The van der Waals surface area contributed by atoms with Gasteiger partial charge >= 0.3 is 6.03 Å². The molecule has 2 amide bonds. The first-order valence-corrected chi connectivity index (χ1v) is 11.6. The van der Waals surface area contributed by atoms with E-state index >= 15 is 0 Å². The highest BCUT2D eigenvalue weighted by Crippen LogP contribution is 2.36. The van der Waals surface area contributed by atoms with Gasteiger partial charge in [0.05, 0.1) is 34.9 Å². The van der Waals surface area contributed by atoms with Crippen molar-refractivity contribution in [2.45, 2.75) is 25.4 Å². The summed E-state index contributed by atoms with van der Waals surface area (Å²) in [6, 6.07) is 5.71. The van der Waals surface area contributed by atoms with Crippen LogP contribution in [-0.4, -0.2) is 81.1 Å². The number of benzene rings is 1. The molecule has 2 aliphatic heterocycles. The minimum Gasteiger partial charge on any atom is -0.378 e. The van der Waals surface area contributed by atoms with Gasteiger partial charge in [-0.05, 0) is 49.8 Å². The maximum atomic E-state index is 12.0. The molecule has 0 aromatic heterocycles. The van der Waals surface area contributed by atoms with Crippen molar-refractivity contribution in [2.75, 3.05) is 57.8 Å². The number of urea groups is 1. The lowest BCUT2D eigenvalue weighted by molar-refractivity contribution is -0.00555. The molecule has 2 saturated heterocycles. The Morgan fingerprint density at radius 3 is 2.63 bits per heavy atom. The van der Waals surface area contributed by atoms with E-state index in [0.717, 1.165) is 57.2 Å². The Kier molecular flexibility index (Phi) is 7.19. The predicted molar refractivity (Wildman–Crippen MR) is 122 cm³/mol. The Labute approximate surface area is 188 Å². The summed E-state index contributed by atoms with van der Waals surface area (Å²) in [6.45, 7) is 6.51. The Hall–Kier alpha value is -1.34. The summed E-state index contributed by atoms with van der Waals surface area (Å²) < 4.78 is 5.19. The van der Waals surface area contributed by atoms with Gasteiger partial charge in [0.2, 0.25) is 0 Å². The SMILES string of the molecule is COC1CN(C(=O)/N=C/C2CC(CCN3CCN(c4cccc(Cl)c4Cl)CC3)C2)C1. The third kappa shape index (κ3) is 5.10. The molecule has 1 aliphatic carbocycles. The highest BCUT2D eigenvalue weighted by Gasteiger charge is 2.32. The topological polar surface area (TPSA) is 48.4 Å². The highest BCUT2D eigenvalue weighted by molar-refractivity contribution is 6.43. The number of carbonyl (C=O) groups is 1. The summed E-state index contributed by atoms with van der Waals surface area (Å²) >= 11 is 12.5. The van der Waals surface area contributed by atoms with Crippen LogP contribution in [0.4, 0.5) is 10.5 Å². The first-order valence-electron chi connectivity index (χ1n) is 10.8. The summed E-state index contributed by atoms with van der Waals surface area (Å²) in [4.78, 5) is 22.7. The number of nitrogens with zero attached hydrogens (tertiary/aromatic N) is 4. The number of aliphatic imine (C=N–C) groups is 1. The third-order valence-corrected chi connectivity index (χ3v) is 7.43. The molecule has 164 valence electrons. The number of hydrogen-bond donors (Lipinski definition) is 0. The lowest BCUT2D eigenvalue weighted by atomic mass is 9.74. The summed E-state index contributed by atoms with van der Waals surface area (Å²) in [5.41, 5.74) is 1.04. The zero-order valence-electron chi connectivity index (χ0n) is 17.5. The quantitative estimate of drug-likeness (QED) is 0.610. The van der Waals surface area contributed by atoms with Crippen molar-refractivity contribution in [1.29, 1.82) is 0 Å². The molecule has 1 aromatic rings. The van der Waals surface area contributed by atoms with Gasteiger partial charge in [-0.15, -0.1) is 0 Å². The second kappa shape index (κ2) is 9.86. The van der Waals surface area contributed by atoms with Crippen LogP contribution in [0.15, 0.2) is 23.2 Å². The number of anilines is 1. The normalized spacial score (nSPS) is 25.4. The zero-order chi connectivity index (χ0) is 21.1. The summed E-state index contributed by atoms with van der Waals surface area (Å²) in [5.74, 6) is 1.21. The van der Waals surface area contributed by atoms with Crippen molar-refractivity contribution in [2.24, 2.45) is 16.8 Å². The van der Waals surface area contributed by atoms with Gasteiger partial charge < -0.3 is 14.5 Å². The maximum absolute atomic E-state index is 12.0. The second-order valence-corrected chi connectivity index (χ2v) is 9.40. The first-order chi connectivity index (χ1) is 14.5. The molecule has 0 atom stereocenters. The van der Waals surface area contributed by atoms with Crippen LogP contribution < -0.4 is 4.90 Å². The van der Waals surface area contributed by atoms with E-state index in [1.165, 1.54) is 6.42 Å². The largest absolute Gasteiger partial charge is 0.378 e. The number of amides is 2. The molecule has 6 nitrogen and oxygen atoms in total. The summed E-state index contributed by atoms with van der Waals surface area (Å²) in [7, 11) is 1.68. The summed E-state index contributed by atoms with van der Waals surface area (Å²) in [6.07, 6.45) is 5.57. The lowest BCUT2D eigenvalue weighted by Crippen LogP contribution is -2.53. The Bertz CT molecular complexity index is 770. The molecule has 8 heteroatoms. The molecule has 4 rings (SSSR count). The van der Waals surface area contributed by atoms with E-state index in [0.29, 0.717) is 29.1 Å². The van der Waals surface area contributed by atoms with E-state index in [-0.39, 0.29) is 12.1 Å². The van der Waals surface area contributed by atoms with Gasteiger partial charge in [-0.1, -0.05) is 29.3 Å². The molecule has 1 saturated carbocycles. The zero-order valence-corrected chi connectivity index (χ0v) is 19.0. The number of hydrogen-bond acceptors (Lipinski definition) is 4. The third-order valence-electron chi connectivity index (χ3n) is 6.62. The first kappa shape index (κ1) is 21.9. The molecule has 0 unspecified atom stereocenters. The van der Waals surface area contributed by atoms with Crippen molar-refractivity contribution in [3.8, 4) is 0 Å². The van der Waals surface area contributed by atoms with Gasteiger partial charge in [-0.3, -0.25) is 4.90 Å². The van der Waals surface area contributed by atoms with Crippen LogP contribution in [0.3, 0.4) is 0 Å².